The smallest absolute Gasteiger partial charge is 0.154 e. The molecule has 8 rings (SSSR count). The quantitative estimate of drug-likeness (QED) is 0.243. The fraction of sp³-hybridized carbons (Fsp3) is 0.0286. The number of hydrogen-bond acceptors (Lipinski definition) is 3. The summed E-state index contributed by atoms with van der Waals surface area (Å²) in [4.78, 5) is 0. The highest BCUT2D eigenvalue weighted by molar-refractivity contribution is 6.21. The number of ether oxygens (including phenoxy) is 1. The Labute approximate surface area is 224 Å². The molecule has 0 aliphatic carbocycles. The molecule has 0 aliphatic heterocycles. The maximum absolute atomic E-state index is 6.36. The summed E-state index contributed by atoms with van der Waals surface area (Å²) in [5, 5.41) is 6.98. The molecule has 0 bridgehead atoms. The molecule has 0 fully saturated rings. The molecular weight excluding hydrogens is 480 g/mol. The second-order valence-corrected chi connectivity index (χ2v) is 9.94. The van der Waals surface area contributed by atoms with Gasteiger partial charge in [-0.25, -0.2) is 0 Å². The summed E-state index contributed by atoms with van der Waals surface area (Å²) < 4.78 is 14.7. The van der Waals surface area contributed by atoms with Crippen LogP contribution in [0, 0.1) is 0 Å². The number of rotatable bonds is 4. The van der Waals surface area contributed by atoms with Gasteiger partial charge in [0.15, 0.2) is 5.75 Å². The molecule has 0 radical (unpaired) electrons. The number of hydrogen-bond donors (Lipinski definition) is 1. The molecule has 186 valence electrons. The fourth-order valence-corrected chi connectivity index (χ4v) is 5.87. The minimum atomic E-state index is 0.404. The van der Waals surface area contributed by atoms with E-state index in [1.807, 2.05) is 36.4 Å². The molecule has 8 aromatic rings. The number of benzene rings is 6. The number of furan rings is 1. The lowest BCUT2D eigenvalue weighted by atomic mass is 10.0. The van der Waals surface area contributed by atoms with E-state index in [0.29, 0.717) is 18.0 Å². The third kappa shape index (κ3) is 3.32. The summed E-state index contributed by atoms with van der Waals surface area (Å²) in [6, 6.07) is 42.0. The third-order valence-electron chi connectivity index (χ3n) is 7.67. The Kier molecular flexibility index (Phi) is 4.70. The van der Waals surface area contributed by atoms with Crippen LogP contribution < -0.4 is 10.5 Å². The highest BCUT2D eigenvalue weighted by atomic mass is 16.5. The second-order valence-electron chi connectivity index (χ2n) is 9.94. The highest BCUT2D eigenvalue weighted by Gasteiger charge is 2.16. The van der Waals surface area contributed by atoms with Crippen LogP contribution in [0.3, 0.4) is 0 Å². The van der Waals surface area contributed by atoms with E-state index in [0.717, 1.165) is 33.2 Å². The lowest BCUT2D eigenvalue weighted by molar-refractivity contribution is 0.312. The third-order valence-corrected chi connectivity index (χ3v) is 7.67. The van der Waals surface area contributed by atoms with E-state index in [2.05, 4.69) is 89.5 Å². The number of anilines is 1. The van der Waals surface area contributed by atoms with Gasteiger partial charge in [-0.2, -0.15) is 0 Å². The number of fused-ring (bicyclic) bond motifs is 8. The van der Waals surface area contributed by atoms with Gasteiger partial charge >= 0.3 is 0 Å². The molecule has 2 heterocycles. The zero-order valence-electron chi connectivity index (χ0n) is 21.1. The van der Waals surface area contributed by atoms with Crippen LogP contribution >= 0.6 is 0 Å². The van der Waals surface area contributed by atoms with E-state index in [-0.39, 0.29) is 0 Å². The normalized spacial score (nSPS) is 11.8. The van der Waals surface area contributed by atoms with Crippen LogP contribution in [0.4, 0.5) is 5.69 Å². The van der Waals surface area contributed by atoms with Gasteiger partial charge in [-0.05, 0) is 58.8 Å². The summed E-state index contributed by atoms with van der Waals surface area (Å²) in [6.45, 7) is 0.404. The van der Waals surface area contributed by atoms with Gasteiger partial charge < -0.3 is 19.5 Å². The number of nitrogen functional groups attached to an aromatic ring is 1. The zero-order chi connectivity index (χ0) is 25.9. The van der Waals surface area contributed by atoms with Crippen molar-refractivity contribution in [2.24, 2.45) is 0 Å². The molecule has 0 aliphatic rings. The second kappa shape index (κ2) is 8.40. The van der Waals surface area contributed by atoms with Crippen molar-refractivity contribution in [1.29, 1.82) is 0 Å². The van der Waals surface area contributed by atoms with Crippen LogP contribution in [-0.2, 0) is 6.61 Å². The van der Waals surface area contributed by atoms with Gasteiger partial charge in [0.1, 0.15) is 17.8 Å². The summed E-state index contributed by atoms with van der Waals surface area (Å²) in [6.07, 6.45) is 0. The average molecular weight is 505 g/mol. The van der Waals surface area contributed by atoms with E-state index >= 15 is 0 Å². The Balaban J connectivity index is 1.19. The predicted octanol–water partition coefficient (Wildman–Crippen LogP) is 9.00. The Bertz CT molecular complexity index is 2190. The molecule has 39 heavy (non-hydrogen) atoms. The van der Waals surface area contributed by atoms with E-state index in [4.69, 9.17) is 14.9 Å². The van der Waals surface area contributed by atoms with Crippen molar-refractivity contribution in [2.75, 3.05) is 5.73 Å². The molecule has 4 heteroatoms. The van der Waals surface area contributed by atoms with Gasteiger partial charge in [0.2, 0.25) is 0 Å². The van der Waals surface area contributed by atoms with E-state index in [9.17, 15) is 0 Å². The average Bonchev–Trinajstić information content (AvgIpc) is 3.53. The lowest BCUT2D eigenvalue weighted by Crippen LogP contribution is -2.00. The number of nitrogens with zero attached hydrogens (tertiary/aromatic N) is 1. The van der Waals surface area contributed by atoms with E-state index < -0.39 is 0 Å². The van der Waals surface area contributed by atoms with Crippen LogP contribution in [0.1, 0.15) is 5.56 Å². The van der Waals surface area contributed by atoms with Crippen LogP contribution in [0.5, 0.6) is 5.75 Å². The topological polar surface area (TPSA) is 53.3 Å². The molecule has 0 unspecified atom stereocenters. The van der Waals surface area contributed by atoms with Crippen molar-refractivity contribution in [3.63, 3.8) is 0 Å². The van der Waals surface area contributed by atoms with Crippen molar-refractivity contribution >= 4 is 60.2 Å². The molecule has 2 N–H and O–H groups in total. The molecule has 4 nitrogen and oxygen atoms in total. The first-order chi connectivity index (χ1) is 19.3. The van der Waals surface area contributed by atoms with Gasteiger partial charge in [-0.1, -0.05) is 78.9 Å². The predicted molar refractivity (Wildman–Crippen MR) is 161 cm³/mol. The van der Waals surface area contributed by atoms with Crippen molar-refractivity contribution < 1.29 is 9.15 Å². The monoisotopic (exact) mass is 504 g/mol. The largest absolute Gasteiger partial charge is 0.486 e. The minimum absolute atomic E-state index is 0.404. The Morgan fingerprint density at radius 2 is 1.33 bits per heavy atom. The summed E-state index contributed by atoms with van der Waals surface area (Å²) in [5.41, 5.74) is 13.1. The Hall–Kier alpha value is -5.22. The standard InChI is InChI=1S/C35H24N2O2/c36-28-18-20-32-34(27-10-4-6-12-31(27)39-32)35(28)38-21-22-13-16-24(17-14-22)37-29-11-5-3-9-26(29)33-25-8-2-1-7-23(25)15-19-30(33)37/h1-20H,21,36H2. The number of para-hydroxylation sites is 2. The first-order valence-electron chi connectivity index (χ1n) is 13.1. The summed E-state index contributed by atoms with van der Waals surface area (Å²) in [5.74, 6) is 0.663. The van der Waals surface area contributed by atoms with Crippen LogP contribution in [-0.4, -0.2) is 4.57 Å². The van der Waals surface area contributed by atoms with E-state index in [1.165, 1.54) is 32.6 Å². The van der Waals surface area contributed by atoms with Gasteiger partial charge in [0.25, 0.3) is 0 Å². The first-order valence-corrected chi connectivity index (χ1v) is 13.1. The lowest BCUT2D eigenvalue weighted by Gasteiger charge is -2.12. The molecule has 0 amide bonds. The molecule has 6 aromatic carbocycles. The Morgan fingerprint density at radius 1 is 0.590 bits per heavy atom. The van der Waals surface area contributed by atoms with Crippen LogP contribution in [0.2, 0.25) is 0 Å². The molecule has 0 saturated heterocycles. The van der Waals surface area contributed by atoms with Gasteiger partial charge in [0.05, 0.1) is 22.1 Å². The number of aromatic nitrogens is 1. The maximum Gasteiger partial charge on any atom is 0.154 e. The van der Waals surface area contributed by atoms with Crippen molar-refractivity contribution in [3.05, 3.63) is 127 Å². The highest BCUT2D eigenvalue weighted by Crippen LogP contribution is 2.40. The Morgan fingerprint density at radius 3 is 2.21 bits per heavy atom. The van der Waals surface area contributed by atoms with Crippen molar-refractivity contribution in [2.45, 2.75) is 6.61 Å². The summed E-state index contributed by atoms with van der Waals surface area (Å²) in [7, 11) is 0. The molecule has 0 saturated carbocycles. The van der Waals surface area contributed by atoms with Crippen molar-refractivity contribution in [1.82, 2.24) is 4.57 Å². The van der Waals surface area contributed by atoms with Crippen molar-refractivity contribution in [3.8, 4) is 11.4 Å². The van der Waals surface area contributed by atoms with Crippen LogP contribution in [0.25, 0.3) is 60.2 Å². The minimum Gasteiger partial charge on any atom is -0.486 e. The molecule has 0 atom stereocenters. The zero-order valence-corrected chi connectivity index (χ0v) is 21.1. The first kappa shape index (κ1) is 21.8. The van der Waals surface area contributed by atoms with Gasteiger partial charge in [-0.3, -0.25) is 0 Å². The summed E-state index contributed by atoms with van der Waals surface area (Å²) >= 11 is 0. The van der Waals surface area contributed by atoms with Gasteiger partial charge in [0, 0.05) is 21.8 Å². The molecule has 0 spiro atoms. The molecular formula is C35H24N2O2. The van der Waals surface area contributed by atoms with E-state index in [1.54, 1.807) is 0 Å². The SMILES string of the molecule is Nc1ccc2oc3ccccc3c2c1OCc1ccc(-n2c3ccccc3c3c4ccccc4ccc32)cc1. The fourth-order valence-electron chi connectivity index (χ4n) is 5.87. The number of nitrogens with two attached hydrogens (primary N) is 1. The molecule has 2 aromatic heterocycles. The maximum atomic E-state index is 6.36. The van der Waals surface area contributed by atoms with Crippen LogP contribution in [0.15, 0.2) is 126 Å². The van der Waals surface area contributed by atoms with Gasteiger partial charge in [-0.15, -0.1) is 0 Å².